The summed E-state index contributed by atoms with van der Waals surface area (Å²) in [6.45, 7) is 4.96. The first-order valence-electron chi connectivity index (χ1n) is 8.64. The Kier molecular flexibility index (Phi) is 4.99. The lowest BCUT2D eigenvalue weighted by atomic mass is 9.90. The molecule has 1 N–H and O–H groups in total. The van der Waals surface area contributed by atoms with Crippen LogP contribution in [-0.4, -0.2) is 30.1 Å². The summed E-state index contributed by atoms with van der Waals surface area (Å²) in [6.07, 6.45) is 0.201. The molecular formula is C21H21NO5. The van der Waals surface area contributed by atoms with Crippen molar-refractivity contribution in [1.82, 2.24) is 0 Å². The Morgan fingerprint density at radius 2 is 1.89 bits per heavy atom. The molecule has 0 radical (unpaired) electrons. The molecule has 3 rings (SSSR count). The van der Waals surface area contributed by atoms with Crippen molar-refractivity contribution in [3.8, 4) is 0 Å². The number of ether oxygens (including phenoxy) is 2. The number of hydrogen-bond acceptors (Lipinski definition) is 5. The minimum absolute atomic E-state index is 0.201. The van der Waals surface area contributed by atoms with Crippen molar-refractivity contribution >= 4 is 23.5 Å². The summed E-state index contributed by atoms with van der Waals surface area (Å²) in [4.78, 5) is 36.7. The van der Waals surface area contributed by atoms with Gasteiger partial charge in [0.25, 0.3) is 5.91 Å². The number of hydrogen-bond donors (Lipinski definition) is 1. The van der Waals surface area contributed by atoms with Gasteiger partial charge in [-0.25, -0.2) is 9.59 Å². The van der Waals surface area contributed by atoms with Gasteiger partial charge in [-0.1, -0.05) is 24.3 Å². The van der Waals surface area contributed by atoms with Gasteiger partial charge < -0.3 is 14.8 Å². The lowest BCUT2D eigenvalue weighted by Gasteiger charge is -2.32. The monoisotopic (exact) mass is 367 g/mol. The lowest BCUT2D eigenvalue weighted by molar-refractivity contribution is -0.166. The Labute approximate surface area is 157 Å². The van der Waals surface area contributed by atoms with Gasteiger partial charge in [0.15, 0.2) is 6.61 Å². The van der Waals surface area contributed by atoms with Crippen LogP contribution in [0.3, 0.4) is 0 Å². The van der Waals surface area contributed by atoms with Crippen molar-refractivity contribution in [3.05, 3.63) is 64.7 Å². The molecule has 1 unspecified atom stereocenters. The number of cyclic esters (lactones) is 1. The maximum Gasteiger partial charge on any atom is 0.351 e. The molecule has 2 aromatic carbocycles. The first-order chi connectivity index (χ1) is 12.8. The van der Waals surface area contributed by atoms with Crippen LogP contribution in [0.1, 0.15) is 34.0 Å². The third-order valence-corrected chi connectivity index (χ3v) is 4.64. The minimum Gasteiger partial charge on any atom is -0.453 e. The molecule has 0 fully saturated rings. The summed E-state index contributed by atoms with van der Waals surface area (Å²) in [6, 6.07) is 12.5. The molecule has 1 aliphatic rings. The number of nitrogens with one attached hydrogen (secondary N) is 1. The Morgan fingerprint density at radius 3 is 2.63 bits per heavy atom. The van der Waals surface area contributed by atoms with Gasteiger partial charge in [-0.05, 0) is 55.7 Å². The maximum absolute atomic E-state index is 12.5. The third kappa shape index (κ3) is 4.00. The van der Waals surface area contributed by atoms with Crippen LogP contribution in [0.4, 0.5) is 5.69 Å². The first kappa shape index (κ1) is 18.6. The molecule has 0 aromatic heterocycles. The Bertz CT molecular complexity index is 921. The van der Waals surface area contributed by atoms with Gasteiger partial charge in [-0.2, -0.15) is 0 Å². The van der Waals surface area contributed by atoms with Crippen LogP contribution in [0.5, 0.6) is 0 Å². The van der Waals surface area contributed by atoms with Crippen molar-refractivity contribution < 1.29 is 23.9 Å². The molecule has 6 heteroatoms. The second kappa shape index (κ2) is 7.23. The van der Waals surface area contributed by atoms with Gasteiger partial charge in [0.2, 0.25) is 5.60 Å². The summed E-state index contributed by atoms with van der Waals surface area (Å²) in [5, 5.41) is 2.68. The normalized spacial score (nSPS) is 18.3. The number of rotatable bonds is 4. The van der Waals surface area contributed by atoms with Crippen molar-refractivity contribution in [2.75, 3.05) is 11.9 Å². The number of anilines is 1. The highest BCUT2D eigenvalue weighted by atomic mass is 16.6. The molecule has 140 valence electrons. The van der Waals surface area contributed by atoms with Crippen molar-refractivity contribution in [1.29, 1.82) is 0 Å². The van der Waals surface area contributed by atoms with Gasteiger partial charge >= 0.3 is 11.9 Å². The predicted molar refractivity (Wildman–Crippen MR) is 99.5 cm³/mol. The van der Waals surface area contributed by atoms with E-state index in [1.165, 1.54) is 6.92 Å². The average Bonchev–Trinajstić information content (AvgIpc) is 2.62. The smallest absolute Gasteiger partial charge is 0.351 e. The van der Waals surface area contributed by atoms with E-state index in [1.54, 1.807) is 30.3 Å². The van der Waals surface area contributed by atoms with Gasteiger partial charge in [0.05, 0.1) is 5.56 Å². The van der Waals surface area contributed by atoms with E-state index < -0.39 is 30.1 Å². The van der Waals surface area contributed by atoms with Crippen molar-refractivity contribution in [2.24, 2.45) is 0 Å². The van der Waals surface area contributed by atoms with E-state index in [0.717, 1.165) is 11.1 Å². The molecule has 1 amide bonds. The third-order valence-electron chi connectivity index (χ3n) is 4.64. The van der Waals surface area contributed by atoms with Crippen molar-refractivity contribution in [2.45, 2.75) is 32.8 Å². The fourth-order valence-electron chi connectivity index (χ4n) is 2.95. The number of fused-ring (bicyclic) bond motifs is 1. The maximum atomic E-state index is 12.5. The van der Waals surface area contributed by atoms with Gasteiger partial charge in [-0.15, -0.1) is 0 Å². The minimum atomic E-state index is -1.45. The number of aryl methyl sites for hydroxylation is 2. The standard InChI is InChI=1S/C21H21NO5/c1-13-8-9-16(10-14(13)2)22-18(23)12-26-20(25)21(3)11-15-6-4-5-7-17(15)19(24)27-21/h4-10H,11-12H2,1-3H3,(H,22,23). The number of carbonyl (C=O) groups excluding carboxylic acids is 3. The quantitative estimate of drug-likeness (QED) is 0.840. The van der Waals surface area contributed by atoms with E-state index in [0.29, 0.717) is 16.8 Å². The second-order valence-electron chi connectivity index (χ2n) is 6.88. The fourth-order valence-corrected chi connectivity index (χ4v) is 2.95. The zero-order valence-electron chi connectivity index (χ0n) is 15.5. The summed E-state index contributed by atoms with van der Waals surface area (Å²) in [5.74, 6) is -1.78. The molecule has 27 heavy (non-hydrogen) atoms. The van der Waals surface area contributed by atoms with Crippen LogP contribution in [0, 0.1) is 13.8 Å². The van der Waals surface area contributed by atoms with Crippen LogP contribution >= 0.6 is 0 Å². The largest absolute Gasteiger partial charge is 0.453 e. The lowest BCUT2D eigenvalue weighted by Crippen LogP contribution is -2.47. The Morgan fingerprint density at radius 1 is 1.15 bits per heavy atom. The predicted octanol–water partition coefficient (Wildman–Crippen LogP) is 2.96. The number of benzene rings is 2. The van der Waals surface area contributed by atoms with E-state index >= 15 is 0 Å². The molecule has 0 spiro atoms. The van der Waals surface area contributed by atoms with Crippen LogP contribution in [0.15, 0.2) is 42.5 Å². The molecule has 0 bridgehead atoms. The van der Waals surface area contributed by atoms with E-state index in [1.807, 2.05) is 26.0 Å². The molecule has 1 heterocycles. The van der Waals surface area contributed by atoms with Crippen molar-refractivity contribution in [3.63, 3.8) is 0 Å². The van der Waals surface area contributed by atoms with E-state index in [2.05, 4.69) is 5.32 Å². The van der Waals surface area contributed by atoms with E-state index in [-0.39, 0.29) is 6.42 Å². The number of esters is 2. The summed E-state index contributed by atoms with van der Waals surface area (Å²) >= 11 is 0. The molecule has 1 atom stereocenters. The zero-order valence-corrected chi connectivity index (χ0v) is 15.5. The van der Waals surface area contributed by atoms with E-state index in [4.69, 9.17) is 9.47 Å². The van der Waals surface area contributed by atoms with Crippen LogP contribution in [-0.2, 0) is 25.5 Å². The summed E-state index contributed by atoms with van der Waals surface area (Å²) < 4.78 is 10.4. The summed E-state index contributed by atoms with van der Waals surface area (Å²) in [7, 11) is 0. The number of amides is 1. The second-order valence-corrected chi connectivity index (χ2v) is 6.88. The number of carbonyl (C=O) groups is 3. The average molecular weight is 367 g/mol. The zero-order chi connectivity index (χ0) is 19.6. The van der Waals surface area contributed by atoms with Crippen LogP contribution in [0.25, 0.3) is 0 Å². The first-order valence-corrected chi connectivity index (χ1v) is 8.64. The molecule has 2 aromatic rings. The molecule has 0 saturated carbocycles. The highest BCUT2D eigenvalue weighted by Gasteiger charge is 2.44. The Hall–Kier alpha value is -3.15. The summed E-state index contributed by atoms with van der Waals surface area (Å²) in [5.41, 5.74) is 2.50. The molecular weight excluding hydrogens is 346 g/mol. The fraction of sp³-hybridized carbons (Fsp3) is 0.286. The van der Waals surface area contributed by atoms with Crippen LogP contribution in [0.2, 0.25) is 0 Å². The van der Waals surface area contributed by atoms with Gasteiger partial charge in [0.1, 0.15) is 0 Å². The highest BCUT2D eigenvalue weighted by molar-refractivity contribution is 5.97. The molecule has 6 nitrogen and oxygen atoms in total. The molecule has 1 aliphatic heterocycles. The SMILES string of the molecule is Cc1ccc(NC(=O)COC(=O)C2(C)Cc3ccccc3C(=O)O2)cc1C. The van der Waals surface area contributed by atoms with Gasteiger partial charge in [0, 0.05) is 12.1 Å². The molecule has 0 saturated heterocycles. The molecule has 0 aliphatic carbocycles. The topological polar surface area (TPSA) is 81.7 Å². The van der Waals surface area contributed by atoms with Crippen LogP contribution < -0.4 is 5.32 Å². The van der Waals surface area contributed by atoms with Gasteiger partial charge in [-0.3, -0.25) is 4.79 Å². The van der Waals surface area contributed by atoms with E-state index in [9.17, 15) is 14.4 Å². The highest BCUT2D eigenvalue weighted by Crippen LogP contribution is 2.29. The Balaban J connectivity index is 1.61.